The van der Waals surface area contributed by atoms with E-state index < -0.39 is 0 Å². The quantitative estimate of drug-likeness (QED) is 0.780. The van der Waals surface area contributed by atoms with Gasteiger partial charge in [-0.3, -0.25) is 4.79 Å². The van der Waals surface area contributed by atoms with Crippen LogP contribution in [0.15, 0.2) is 28.9 Å². The summed E-state index contributed by atoms with van der Waals surface area (Å²) < 4.78 is 5.89. The maximum Gasteiger partial charge on any atom is 0.218 e. The van der Waals surface area contributed by atoms with Crippen LogP contribution in [0.5, 0.6) is 5.75 Å². The first-order valence-corrected chi connectivity index (χ1v) is 6.64. The van der Waals surface area contributed by atoms with Crippen LogP contribution < -0.4 is 4.74 Å². The number of nitrogens with zero attached hydrogens (tertiary/aromatic N) is 2. The lowest BCUT2D eigenvalue weighted by Gasteiger charge is -2.08. The molecule has 0 fully saturated rings. The van der Waals surface area contributed by atoms with Crippen molar-refractivity contribution in [3.63, 3.8) is 0 Å². The van der Waals surface area contributed by atoms with E-state index in [1.54, 1.807) is 18.2 Å². The van der Waals surface area contributed by atoms with Crippen LogP contribution in [0.3, 0.4) is 0 Å². The molecule has 1 aromatic carbocycles. The maximum atomic E-state index is 12.4. The summed E-state index contributed by atoms with van der Waals surface area (Å²) in [7, 11) is 1.48. The molecule has 1 heterocycles. The van der Waals surface area contributed by atoms with Gasteiger partial charge in [-0.25, -0.2) is 9.97 Å². The number of carbonyl (C=O) groups is 1. The zero-order valence-electron chi connectivity index (χ0n) is 9.65. The minimum absolute atomic E-state index is 0.0301. The largest absolute Gasteiger partial charge is 0.496 e. The van der Waals surface area contributed by atoms with Crippen LogP contribution in [0.25, 0.3) is 0 Å². The number of ether oxygens (including phenoxy) is 1. The van der Waals surface area contributed by atoms with E-state index in [0.717, 1.165) is 4.47 Å². The Balaban J connectivity index is 2.52. The second kappa shape index (κ2) is 5.86. The van der Waals surface area contributed by atoms with Gasteiger partial charge in [0.1, 0.15) is 16.6 Å². The smallest absolute Gasteiger partial charge is 0.218 e. The number of methoxy groups -OCH3 is 1. The molecule has 0 amide bonds. The molecular formula is C12H7BrCl2N2O2. The topological polar surface area (TPSA) is 52.1 Å². The molecule has 0 saturated carbocycles. The summed E-state index contributed by atoms with van der Waals surface area (Å²) in [5.41, 5.74) is 0.373. The summed E-state index contributed by atoms with van der Waals surface area (Å²) in [4.78, 5) is 20.1. The zero-order valence-corrected chi connectivity index (χ0v) is 12.8. The van der Waals surface area contributed by atoms with Gasteiger partial charge in [-0.2, -0.15) is 0 Å². The van der Waals surface area contributed by atoms with Gasteiger partial charge in [0, 0.05) is 4.47 Å². The average molecular weight is 362 g/mol. The Labute approximate surface area is 127 Å². The zero-order chi connectivity index (χ0) is 14.0. The standard InChI is InChI=1S/C12H7BrCl2N2O2/c1-19-8-3-2-6(13)4-7(8)11(18)10-12(15)17-9(14)5-16-10/h2-5H,1H3. The van der Waals surface area contributed by atoms with E-state index in [1.165, 1.54) is 13.3 Å². The number of halogens is 3. The SMILES string of the molecule is COc1ccc(Br)cc1C(=O)c1ncc(Cl)nc1Cl. The van der Waals surface area contributed by atoms with Crippen molar-refractivity contribution in [1.82, 2.24) is 9.97 Å². The molecule has 0 unspecified atom stereocenters. The molecule has 98 valence electrons. The van der Waals surface area contributed by atoms with Crippen LogP contribution in [-0.4, -0.2) is 22.9 Å². The second-order valence-corrected chi connectivity index (χ2v) is 5.17. The van der Waals surface area contributed by atoms with E-state index in [2.05, 4.69) is 25.9 Å². The third kappa shape index (κ3) is 3.05. The number of benzene rings is 1. The van der Waals surface area contributed by atoms with E-state index in [1.807, 2.05) is 0 Å². The number of hydrogen-bond donors (Lipinski definition) is 0. The fourth-order valence-electron chi connectivity index (χ4n) is 1.48. The average Bonchev–Trinajstić information content (AvgIpc) is 2.38. The van der Waals surface area contributed by atoms with E-state index in [9.17, 15) is 4.79 Å². The molecule has 0 radical (unpaired) electrons. The van der Waals surface area contributed by atoms with Crippen molar-refractivity contribution in [2.24, 2.45) is 0 Å². The number of hydrogen-bond acceptors (Lipinski definition) is 4. The summed E-state index contributed by atoms with van der Waals surface area (Å²) in [5.74, 6) is 0.0494. The Morgan fingerprint density at radius 1 is 1.37 bits per heavy atom. The lowest BCUT2D eigenvalue weighted by molar-refractivity contribution is 0.103. The predicted molar refractivity (Wildman–Crippen MR) is 76.2 cm³/mol. The third-order valence-electron chi connectivity index (χ3n) is 2.32. The molecule has 7 heteroatoms. The van der Waals surface area contributed by atoms with Gasteiger partial charge in [-0.05, 0) is 18.2 Å². The van der Waals surface area contributed by atoms with Crippen molar-refractivity contribution in [3.8, 4) is 5.75 Å². The van der Waals surface area contributed by atoms with Crippen molar-refractivity contribution >= 4 is 44.9 Å². The van der Waals surface area contributed by atoms with Gasteiger partial charge in [0.2, 0.25) is 5.78 Å². The molecule has 0 N–H and O–H groups in total. The Hall–Kier alpha value is -1.17. The monoisotopic (exact) mass is 360 g/mol. The van der Waals surface area contributed by atoms with Crippen LogP contribution in [0.4, 0.5) is 0 Å². The molecule has 0 bridgehead atoms. The van der Waals surface area contributed by atoms with E-state index >= 15 is 0 Å². The molecule has 0 aliphatic heterocycles. The summed E-state index contributed by atoms with van der Waals surface area (Å²) in [6.45, 7) is 0. The molecule has 19 heavy (non-hydrogen) atoms. The van der Waals surface area contributed by atoms with E-state index in [4.69, 9.17) is 27.9 Å². The highest BCUT2D eigenvalue weighted by molar-refractivity contribution is 9.10. The highest BCUT2D eigenvalue weighted by Crippen LogP contribution is 2.27. The van der Waals surface area contributed by atoms with Crippen molar-refractivity contribution in [1.29, 1.82) is 0 Å². The minimum Gasteiger partial charge on any atom is -0.496 e. The Kier molecular flexibility index (Phi) is 4.39. The van der Waals surface area contributed by atoms with Gasteiger partial charge in [0.15, 0.2) is 5.15 Å². The van der Waals surface area contributed by atoms with Gasteiger partial charge < -0.3 is 4.74 Å². The lowest BCUT2D eigenvalue weighted by Crippen LogP contribution is -2.08. The molecular weight excluding hydrogens is 355 g/mol. The van der Waals surface area contributed by atoms with Crippen molar-refractivity contribution in [3.05, 3.63) is 50.4 Å². The normalized spacial score (nSPS) is 10.3. The Bertz CT molecular complexity index is 650. The van der Waals surface area contributed by atoms with Crippen molar-refractivity contribution in [2.75, 3.05) is 7.11 Å². The number of carbonyl (C=O) groups excluding carboxylic acids is 1. The summed E-state index contributed by atoms with van der Waals surface area (Å²) in [5, 5.41) is 0.0854. The molecule has 0 saturated heterocycles. The Morgan fingerprint density at radius 2 is 2.11 bits per heavy atom. The predicted octanol–water partition coefficient (Wildman–Crippen LogP) is 3.79. The summed E-state index contributed by atoms with van der Waals surface area (Å²) in [6, 6.07) is 5.08. The van der Waals surface area contributed by atoms with Crippen molar-refractivity contribution in [2.45, 2.75) is 0 Å². The molecule has 0 aliphatic carbocycles. The molecule has 2 rings (SSSR count). The van der Waals surface area contributed by atoms with E-state index in [0.29, 0.717) is 11.3 Å². The molecule has 0 aliphatic rings. The Morgan fingerprint density at radius 3 is 2.74 bits per heavy atom. The van der Waals surface area contributed by atoms with Gasteiger partial charge in [0.25, 0.3) is 0 Å². The third-order valence-corrected chi connectivity index (χ3v) is 3.26. The summed E-state index contributed by atoms with van der Waals surface area (Å²) in [6.07, 6.45) is 1.27. The molecule has 0 spiro atoms. The highest BCUT2D eigenvalue weighted by Gasteiger charge is 2.20. The highest BCUT2D eigenvalue weighted by atomic mass is 79.9. The second-order valence-electron chi connectivity index (χ2n) is 3.51. The van der Waals surface area contributed by atoms with Gasteiger partial charge in [-0.1, -0.05) is 39.1 Å². The van der Waals surface area contributed by atoms with Crippen LogP contribution in [0.1, 0.15) is 16.1 Å². The fraction of sp³-hybridized carbons (Fsp3) is 0.0833. The fourth-order valence-corrected chi connectivity index (χ4v) is 2.25. The molecule has 2 aromatic rings. The lowest BCUT2D eigenvalue weighted by atomic mass is 10.1. The first-order chi connectivity index (χ1) is 9.02. The van der Waals surface area contributed by atoms with Gasteiger partial charge in [-0.15, -0.1) is 0 Å². The van der Waals surface area contributed by atoms with E-state index in [-0.39, 0.29) is 21.8 Å². The van der Waals surface area contributed by atoms with Crippen LogP contribution >= 0.6 is 39.1 Å². The number of aromatic nitrogens is 2. The van der Waals surface area contributed by atoms with Crippen LogP contribution in [0, 0.1) is 0 Å². The van der Waals surface area contributed by atoms with Crippen LogP contribution in [0.2, 0.25) is 10.3 Å². The van der Waals surface area contributed by atoms with Gasteiger partial charge >= 0.3 is 0 Å². The molecule has 1 aromatic heterocycles. The minimum atomic E-state index is -0.382. The first-order valence-electron chi connectivity index (χ1n) is 5.09. The number of ketones is 1. The van der Waals surface area contributed by atoms with Crippen LogP contribution in [-0.2, 0) is 0 Å². The first kappa shape index (κ1) is 14.2. The van der Waals surface area contributed by atoms with Crippen molar-refractivity contribution < 1.29 is 9.53 Å². The maximum absolute atomic E-state index is 12.4. The summed E-state index contributed by atoms with van der Waals surface area (Å²) >= 11 is 14.8. The van der Waals surface area contributed by atoms with Gasteiger partial charge in [0.05, 0.1) is 18.9 Å². The number of rotatable bonds is 3. The molecule has 4 nitrogen and oxygen atoms in total. The molecule has 0 atom stereocenters.